The second kappa shape index (κ2) is 8.86. The molecule has 0 radical (unpaired) electrons. The van der Waals surface area contributed by atoms with Gasteiger partial charge in [0.05, 0.1) is 0 Å². The Hall–Kier alpha value is 1.76. The van der Waals surface area contributed by atoms with E-state index in [0.29, 0.717) is 11.1 Å². The first-order valence-electron chi connectivity index (χ1n) is 4.21. The van der Waals surface area contributed by atoms with Gasteiger partial charge in [0.25, 0.3) is 0 Å². The average molecular weight is 287 g/mol. The number of nitrogens with one attached hydrogen (secondary N) is 1. The van der Waals surface area contributed by atoms with E-state index >= 15 is 0 Å². The zero-order chi connectivity index (χ0) is 7.83. The second-order valence-corrected chi connectivity index (χ2v) is 4.75. The zero-order valence-electron chi connectivity index (χ0n) is 10.1. The van der Waals surface area contributed by atoms with Crippen LogP contribution in [0.15, 0.2) is 0 Å². The maximum absolute atomic E-state index is 3.63. The number of halogens is 2. The first-order valence-corrected chi connectivity index (χ1v) is 4.21. The van der Waals surface area contributed by atoms with Crippen molar-refractivity contribution in [2.75, 3.05) is 0 Å². The Morgan fingerprint density at radius 3 is 1.29 bits per heavy atom. The molecule has 0 aromatic rings. The molecule has 0 bridgehead atoms. The van der Waals surface area contributed by atoms with E-state index in [2.05, 4.69) is 33.0 Å². The molecule has 1 N–H and O–H groups in total. The van der Waals surface area contributed by atoms with Gasteiger partial charge in [-0.1, -0.05) is 0 Å². The van der Waals surface area contributed by atoms with Crippen LogP contribution in [0.4, 0.5) is 0 Å². The minimum Gasteiger partial charge on any atom is -0.307 e. The fourth-order valence-electron chi connectivity index (χ4n) is 2.01. The van der Waals surface area contributed by atoms with Crippen molar-refractivity contribution in [1.82, 2.24) is 5.32 Å². The molecule has 0 atom stereocenters. The van der Waals surface area contributed by atoms with Gasteiger partial charge in [0.15, 0.2) is 0 Å². The Balaban J connectivity index is -0.000000125. The molecule has 0 amide bonds. The Morgan fingerprint density at radius 1 is 0.857 bits per heavy atom. The Morgan fingerprint density at radius 2 is 1.14 bits per heavy atom. The van der Waals surface area contributed by atoms with Crippen molar-refractivity contribution in [3.63, 3.8) is 0 Å². The monoisotopic (exact) mass is 284 g/mol. The second-order valence-electron chi connectivity index (χ2n) is 4.75. The van der Waals surface area contributed by atoms with Crippen molar-refractivity contribution in [2.24, 2.45) is 0 Å². The van der Waals surface area contributed by atoms with Crippen LogP contribution >= 0.6 is 24.8 Å². The summed E-state index contributed by atoms with van der Waals surface area (Å²) in [6, 6.07) is 0. The summed E-state index contributed by atoms with van der Waals surface area (Å²) in [4.78, 5) is 0. The molecule has 1 aliphatic rings. The number of piperidine rings is 1. The van der Waals surface area contributed by atoms with Gasteiger partial charge in [-0.3, -0.25) is 0 Å². The standard InChI is InChI=1S/C9H19N.2ClH.Li.Zn/c1-8(2)6-5-7-9(3,4)10-8;;;;/h10H,5-7H2,1-4H3;2*1H;;/q;;;+1;+2. The maximum Gasteiger partial charge on any atom is 2.00 e. The molecule has 76 valence electrons. The fraction of sp³-hybridized carbons (Fsp3) is 1.00. The molecule has 1 rings (SSSR count). The molecule has 0 aromatic heterocycles. The third-order valence-corrected chi connectivity index (χ3v) is 2.28. The van der Waals surface area contributed by atoms with Crippen LogP contribution in [-0.2, 0) is 19.5 Å². The van der Waals surface area contributed by atoms with E-state index in [4.69, 9.17) is 0 Å². The van der Waals surface area contributed by atoms with E-state index in [0.717, 1.165) is 0 Å². The van der Waals surface area contributed by atoms with E-state index in [-0.39, 0.29) is 63.2 Å². The van der Waals surface area contributed by atoms with Crippen molar-refractivity contribution < 1.29 is 38.3 Å². The Labute approximate surface area is 126 Å². The van der Waals surface area contributed by atoms with Crippen molar-refractivity contribution in [3.8, 4) is 0 Å². The molecular weight excluding hydrogens is 265 g/mol. The van der Waals surface area contributed by atoms with Gasteiger partial charge in [0.2, 0.25) is 0 Å². The summed E-state index contributed by atoms with van der Waals surface area (Å²) in [6.45, 7) is 9.14. The van der Waals surface area contributed by atoms with E-state index in [9.17, 15) is 0 Å². The summed E-state index contributed by atoms with van der Waals surface area (Å²) < 4.78 is 0. The molecule has 1 nitrogen and oxygen atoms in total. The van der Waals surface area contributed by atoms with Gasteiger partial charge in [0, 0.05) is 11.1 Å². The van der Waals surface area contributed by atoms with E-state index in [1.165, 1.54) is 19.3 Å². The molecule has 5 heteroatoms. The summed E-state index contributed by atoms with van der Waals surface area (Å²) in [7, 11) is 0. The third-order valence-electron chi connectivity index (χ3n) is 2.28. The summed E-state index contributed by atoms with van der Waals surface area (Å²) in [5, 5.41) is 3.63. The molecule has 1 saturated heterocycles. The van der Waals surface area contributed by atoms with Gasteiger partial charge >= 0.3 is 38.3 Å². The van der Waals surface area contributed by atoms with Gasteiger partial charge in [-0.25, -0.2) is 0 Å². The molecule has 0 aromatic carbocycles. The number of hydrogen-bond acceptors (Lipinski definition) is 1. The summed E-state index contributed by atoms with van der Waals surface area (Å²) in [5.41, 5.74) is 0.726. The largest absolute Gasteiger partial charge is 2.00 e. The van der Waals surface area contributed by atoms with Gasteiger partial charge < -0.3 is 5.32 Å². The van der Waals surface area contributed by atoms with E-state index in [1.807, 2.05) is 0 Å². The number of hydrogen-bond donors (Lipinski definition) is 1. The van der Waals surface area contributed by atoms with Crippen molar-refractivity contribution in [1.29, 1.82) is 0 Å². The van der Waals surface area contributed by atoms with Crippen LogP contribution in [0, 0.1) is 0 Å². The van der Waals surface area contributed by atoms with Crippen LogP contribution in [0.5, 0.6) is 0 Å². The minimum atomic E-state index is 0. The van der Waals surface area contributed by atoms with Crippen LogP contribution in [0.3, 0.4) is 0 Å². The number of rotatable bonds is 0. The third kappa shape index (κ3) is 9.02. The molecule has 1 aliphatic heterocycles. The molecular formula is C9H21Cl2LiNZn+3. The van der Waals surface area contributed by atoms with Crippen LogP contribution in [0.1, 0.15) is 47.0 Å². The quantitative estimate of drug-likeness (QED) is 0.626. The first kappa shape index (κ1) is 24.8. The van der Waals surface area contributed by atoms with Gasteiger partial charge in [-0.15, -0.1) is 24.8 Å². The molecule has 1 fully saturated rings. The molecule has 0 aliphatic carbocycles. The smallest absolute Gasteiger partial charge is 0.307 e. The predicted molar refractivity (Wildman–Crippen MR) is 59.6 cm³/mol. The van der Waals surface area contributed by atoms with Crippen molar-refractivity contribution in [2.45, 2.75) is 58.0 Å². The van der Waals surface area contributed by atoms with Crippen molar-refractivity contribution in [3.05, 3.63) is 0 Å². The minimum absolute atomic E-state index is 0. The normalized spacial score (nSPS) is 21.4. The molecule has 0 spiro atoms. The SMILES string of the molecule is CC1(C)CCCC(C)(C)N1.Cl.Cl.[Li+].[Zn+2]. The summed E-state index contributed by atoms with van der Waals surface area (Å²) in [6.07, 6.45) is 4.00. The Bertz CT molecular complexity index is 129. The molecule has 1 heterocycles. The fourth-order valence-corrected chi connectivity index (χ4v) is 2.01. The maximum atomic E-state index is 3.63. The first-order chi connectivity index (χ1) is 4.41. The Kier molecular flexibility index (Phi) is 15.7. The molecule has 14 heavy (non-hydrogen) atoms. The molecule has 0 unspecified atom stereocenters. The zero-order valence-corrected chi connectivity index (χ0v) is 14.7. The van der Waals surface area contributed by atoms with Gasteiger partial charge in [-0.2, -0.15) is 0 Å². The summed E-state index contributed by atoms with van der Waals surface area (Å²) in [5.74, 6) is 0. The van der Waals surface area contributed by atoms with Crippen LogP contribution in [-0.4, -0.2) is 11.1 Å². The topological polar surface area (TPSA) is 12.0 Å². The predicted octanol–water partition coefficient (Wildman–Crippen LogP) is 0.162. The summed E-state index contributed by atoms with van der Waals surface area (Å²) >= 11 is 0. The van der Waals surface area contributed by atoms with Gasteiger partial charge in [0.1, 0.15) is 0 Å². The van der Waals surface area contributed by atoms with E-state index < -0.39 is 0 Å². The van der Waals surface area contributed by atoms with Gasteiger partial charge in [-0.05, 0) is 47.0 Å². The van der Waals surface area contributed by atoms with Crippen LogP contribution < -0.4 is 24.2 Å². The average Bonchev–Trinajstić information content (AvgIpc) is 1.56. The van der Waals surface area contributed by atoms with Crippen LogP contribution in [0.25, 0.3) is 0 Å². The van der Waals surface area contributed by atoms with Crippen LogP contribution in [0.2, 0.25) is 0 Å². The van der Waals surface area contributed by atoms with E-state index in [1.54, 1.807) is 0 Å². The molecule has 0 saturated carbocycles. The van der Waals surface area contributed by atoms with Crippen molar-refractivity contribution >= 4 is 24.8 Å².